The van der Waals surface area contributed by atoms with E-state index >= 15 is 0 Å². The molecule has 0 radical (unpaired) electrons. The molecule has 86 valence electrons. The van der Waals surface area contributed by atoms with E-state index in [2.05, 4.69) is 10.6 Å². The molecule has 0 saturated carbocycles. The average Bonchev–Trinajstić information content (AvgIpc) is 2.77. The van der Waals surface area contributed by atoms with E-state index < -0.39 is 0 Å². The number of carbonyl (C=O) groups excluding carboxylic acids is 1. The van der Waals surface area contributed by atoms with Crippen LogP contribution in [0.4, 0.5) is 0 Å². The number of hydrogen-bond acceptors (Lipinski definition) is 3. The highest BCUT2D eigenvalue weighted by Gasteiger charge is 2.30. The first-order chi connectivity index (χ1) is 7.65. The lowest BCUT2D eigenvalue weighted by Crippen LogP contribution is -2.79. The predicted molar refractivity (Wildman–Crippen MR) is 60.4 cm³/mol. The number of nitrogens with two attached hydrogens (primary N) is 2. The van der Waals surface area contributed by atoms with Gasteiger partial charge in [0.15, 0.2) is 0 Å². The molecule has 1 amide bonds. The van der Waals surface area contributed by atoms with E-state index in [1.165, 1.54) is 0 Å². The zero-order valence-electron chi connectivity index (χ0n) is 9.39. The van der Waals surface area contributed by atoms with Gasteiger partial charge in [-0.15, -0.1) is 0 Å². The molecular formula is C11H17N4O+. The first kappa shape index (κ1) is 10.9. The molecule has 0 aromatic heterocycles. The topological polar surface area (TPSA) is 95.6 Å². The van der Waals surface area contributed by atoms with Crippen LogP contribution in [0, 0.1) is 5.41 Å². The van der Waals surface area contributed by atoms with E-state index in [0.29, 0.717) is 23.4 Å². The standard InChI is InChI=1S/C11H16N4O/c1-2-6-8(12)10(7-4-3-5-14-7)15-11(16)9(6)13/h12,14H,2-5,13H2,1H3,(H,15,16)/p+1/b10-7+,12-8?. The van der Waals surface area contributed by atoms with Gasteiger partial charge in [0.2, 0.25) is 0 Å². The molecule has 5 heteroatoms. The molecule has 1 saturated heterocycles. The van der Waals surface area contributed by atoms with Crippen LogP contribution in [0.25, 0.3) is 0 Å². The van der Waals surface area contributed by atoms with Gasteiger partial charge < -0.3 is 16.4 Å². The fourth-order valence-electron chi connectivity index (χ4n) is 2.17. The van der Waals surface area contributed by atoms with Crippen LogP contribution in [0.1, 0.15) is 26.2 Å². The van der Waals surface area contributed by atoms with Gasteiger partial charge in [-0.05, 0) is 6.42 Å². The molecule has 0 aromatic rings. The Balaban J connectivity index is 2.43. The second-order valence-electron chi connectivity index (χ2n) is 4.07. The van der Waals surface area contributed by atoms with E-state index in [4.69, 9.17) is 11.1 Å². The van der Waals surface area contributed by atoms with E-state index in [-0.39, 0.29) is 11.6 Å². The molecule has 2 rings (SSSR count). The highest BCUT2D eigenvalue weighted by Crippen LogP contribution is 2.19. The summed E-state index contributed by atoms with van der Waals surface area (Å²) in [5, 5.41) is 12.9. The molecule has 1 fully saturated rings. The van der Waals surface area contributed by atoms with Gasteiger partial charge >= 0.3 is 0 Å². The first-order valence-electron chi connectivity index (χ1n) is 5.60. The van der Waals surface area contributed by atoms with E-state index in [9.17, 15) is 4.79 Å². The zero-order chi connectivity index (χ0) is 11.7. The van der Waals surface area contributed by atoms with Crippen LogP contribution in [0.2, 0.25) is 0 Å². The number of amides is 1. The van der Waals surface area contributed by atoms with Gasteiger partial charge in [0, 0.05) is 18.4 Å². The van der Waals surface area contributed by atoms with Crippen molar-refractivity contribution in [2.75, 3.05) is 6.54 Å². The van der Waals surface area contributed by atoms with Crippen molar-refractivity contribution >= 4 is 11.6 Å². The number of carbonyl (C=O) groups is 1. The molecule has 0 atom stereocenters. The first-order valence-corrected chi connectivity index (χ1v) is 5.60. The minimum atomic E-state index is -0.268. The summed E-state index contributed by atoms with van der Waals surface area (Å²) in [6, 6.07) is 0. The van der Waals surface area contributed by atoms with Crippen LogP contribution in [0.5, 0.6) is 0 Å². The third-order valence-corrected chi connectivity index (χ3v) is 3.08. The zero-order valence-corrected chi connectivity index (χ0v) is 9.39. The number of quaternary nitrogens is 1. The summed E-state index contributed by atoms with van der Waals surface area (Å²) in [5.74, 6) is -0.268. The Hall–Kier alpha value is -1.62. The lowest BCUT2D eigenvalue weighted by atomic mass is 9.97. The van der Waals surface area contributed by atoms with Crippen molar-refractivity contribution in [3.05, 3.63) is 22.7 Å². The van der Waals surface area contributed by atoms with Crippen LogP contribution in [-0.4, -0.2) is 18.2 Å². The van der Waals surface area contributed by atoms with Crippen LogP contribution in [0.15, 0.2) is 22.7 Å². The van der Waals surface area contributed by atoms with Crippen LogP contribution >= 0.6 is 0 Å². The summed E-state index contributed by atoms with van der Waals surface area (Å²) in [7, 11) is 0. The Bertz CT molecular complexity index is 412. The van der Waals surface area contributed by atoms with Crippen molar-refractivity contribution in [2.24, 2.45) is 5.73 Å². The summed E-state index contributed by atoms with van der Waals surface area (Å²) in [4.78, 5) is 11.6. The molecule has 0 unspecified atom stereocenters. The molecule has 6 N–H and O–H groups in total. The average molecular weight is 221 g/mol. The Morgan fingerprint density at radius 2 is 2.31 bits per heavy atom. The summed E-state index contributed by atoms with van der Waals surface area (Å²) < 4.78 is 0. The maximum atomic E-state index is 11.6. The highest BCUT2D eigenvalue weighted by atomic mass is 16.2. The van der Waals surface area contributed by atoms with Crippen molar-refractivity contribution in [3.8, 4) is 0 Å². The third-order valence-electron chi connectivity index (χ3n) is 3.08. The van der Waals surface area contributed by atoms with Gasteiger partial charge in [0.05, 0.1) is 12.3 Å². The van der Waals surface area contributed by atoms with Crippen molar-refractivity contribution in [1.29, 1.82) is 5.41 Å². The van der Waals surface area contributed by atoms with Crippen molar-refractivity contribution in [2.45, 2.75) is 26.2 Å². The number of hydrogen-bond donors (Lipinski definition) is 4. The highest BCUT2D eigenvalue weighted by molar-refractivity contribution is 6.20. The van der Waals surface area contributed by atoms with E-state index in [1.807, 2.05) is 6.92 Å². The molecule has 5 nitrogen and oxygen atoms in total. The van der Waals surface area contributed by atoms with Gasteiger partial charge in [-0.3, -0.25) is 10.2 Å². The number of rotatable bonds is 1. The lowest BCUT2D eigenvalue weighted by Gasteiger charge is -2.21. The van der Waals surface area contributed by atoms with Crippen molar-refractivity contribution in [1.82, 2.24) is 5.32 Å². The molecule has 0 bridgehead atoms. The largest absolute Gasteiger partial charge is 0.394 e. The van der Waals surface area contributed by atoms with Gasteiger partial charge in [-0.25, -0.2) is 0 Å². The summed E-state index contributed by atoms with van der Waals surface area (Å²) in [5.41, 5.74) is 8.65. The summed E-state index contributed by atoms with van der Waals surface area (Å²) in [6.07, 6.45) is 2.66. The quantitative estimate of drug-likeness (QED) is 0.472. The fraction of sp³-hybridized carbons (Fsp3) is 0.455. The number of allylic oxidation sites excluding steroid dienone is 2. The maximum absolute atomic E-state index is 11.6. The van der Waals surface area contributed by atoms with Crippen molar-refractivity contribution in [3.63, 3.8) is 0 Å². The minimum Gasteiger partial charge on any atom is -0.394 e. The number of nitrogens with one attached hydrogen (secondary N) is 2. The van der Waals surface area contributed by atoms with E-state index in [1.54, 1.807) is 0 Å². The molecule has 2 aliphatic heterocycles. The van der Waals surface area contributed by atoms with Gasteiger partial charge in [0.25, 0.3) is 5.91 Å². The fourth-order valence-corrected chi connectivity index (χ4v) is 2.17. The second-order valence-corrected chi connectivity index (χ2v) is 4.07. The Kier molecular flexibility index (Phi) is 2.78. The van der Waals surface area contributed by atoms with Gasteiger partial charge in [-0.1, -0.05) is 6.92 Å². The van der Waals surface area contributed by atoms with Crippen molar-refractivity contribution < 1.29 is 10.1 Å². The smallest absolute Gasteiger partial charge is 0.272 e. The second kappa shape index (κ2) is 4.09. The monoisotopic (exact) mass is 221 g/mol. The Morgan fingerprint density at radius 3 is 2.88 bits per heavy atom. The Morgan fingerprint density at radius 1 is 1.56 bits per heavy atom. The molecular weight excluding hydrogens is 204 g/mol. The summed E-state index contributed by atoms with van der Waals surface area (Å²) in [6.45, 7) is 2.94. The van der Waals surface area contributed by atoms with Crippen LogP contribution in [0.3, 0.4) is 0 Å². The van der Waals surface area contributed by atoms with Crippen LogP contribution < -0.4 is 16.4 Å². The molecule has 16 heavy (non-hydrogen) atoms. The Labute approximate surface area is 94.3 Å². The van der Waals surface area contributed by atoms with Crippen LogP contribution in [-0.2, 0) is 4.79 Å². The molecule has 2 aliphatic rings. The lowest BCUT2D eigenvalue weighted by molar-refractivity contribution is -0.591. The molecule has 0 aliphatic carbocycles. The normalized spacial score (nSPS) is 26.3. The molecule has 2 heterocycles. The predicted octanol–water partition coefficient (Wildman–Crippen LogP) is -0.672. The van der Waals surface area contributed by atoms with Gasteiger partial charge in [0.1, 0.15) is 17.1 Å². The van der Waals surface area contributed by atoms with Gasteiger partial charge in [-0.2, -0.15) is 0 Å². The third kappa shape index (κ3) is 1.63. The van der Waals surface area contributed by atoms with E-state index in [0.717, 1.165) is 25.1 Å². The summed E-state index contributed by atoms with van der Waals surface area (Å²) >= 11 is 0. The SMILES string of the molecule is CCC1=C(N)C(=O)N/C(=C2\CCC[NH2+]2)C1=N. The molecule has 0 spiro atoms. The molecule has 0 aromatic carbocycles. The minimum absolute atomic E-state index is 0.190. The maximum Gasteiger partial charge on any atom is 0.272 e.